The first-order chi connectivity index (χ1) is 14.7. The average Bonchev–Trinajstić information content (AvgIpc) is 2.71. The van der Waals surface area contributed by atoms with Crippen molar-refractivity contribution in [1.82, 2.24) is 0 Å². The zero-order valence-electron chi connectivity index (χ0n) is 19.6. The van der Waals surface area contributed by atoms with Crippen LogP contribution in [0, 0.1) is 11.8 Å². The predicted octanol–water partition coefficient (Wildman–Crippen LogP) is 6.59. The van der Waals surface area contributed by atoms with E-state index >= 15 is 0 Å². The Morgan fingerprint density at radius 3 is 2.65 bits per heavy atom. The number of hydrogen-bond acceptors (Lipinski definition) is 4. The molecule has 0 amide bonds. The number of aliphatic hydroxyl groups excluding tert-OH is 1. The first kappa shape index (κ1) is 23.7. The van der Waals surface area contributed by atoms with Gasteiger partial charge in [0, 0.05) is 29.5 Å². The third-order valence-corrected chi connectivity index (χ3v) is 7.63. The van der Waals surface area contributed by atoms with Gasteiger partial charge in [0.2, 0.25) is 0 Å². The van der Waals surface area contributed by atoms with Crippen molar-refractivity contribution in [2.24, 2.45) is 17.0 Å². The van der Waals surface area contributed by atoms with Crippen molar-refractivity contribution >= 4 is 0 Å². The maximum atomic E-state index is 11.1. The number of rotatable bonds is 9. The van der Waals surface area contributed by atoms with Gasteiger partial charge in [-0.05, 0) is 86.4 Å². The monoisotopic (exact) mass is 429 g/mol. The zero-order chi connectivity index (χ0) is 22.6. The van der Waals surface area contributed by atoms with E-state index in [2.05, 4.69) is 43.8 Å². The van der Waals surface area contributed by atoms with E-state index in [1.807, 2.05) is 6.07 Å². The molecule has 1 saturated carbocycles. The van der Waals surface area contributed by atoms with Gasteiger partial charge >= 0.3 is 0 Å². The fourth-order valence-electron chi connectivity index (χ4n) is 5.69. The average molecular weight is 430 g/mol. The highest BCUT2D eigenvalue weighted by atomic mass is 16.5. The second-order valence-electron chi connectivity index (χ2n) is 10.7. The maximum Gasteiger partial charge on any atom is 0.127 e. The summed E-state index contributed by atoms with van der Waals surface area (Å²) in [5.41, 5.74) is 10.1. The Balaban J connectivity index is 1.76. The van der Waals surface area contributed by atoms with E-state index in [9.17, 15) is 10.2 Å². The Morgan fingerprint density at radius 1 is 1.19 bits per heavy atom. The molecule has 1 fully saturated rings. The van der Waals surface area contributed by atoms with Crippen LogP contribution in [-0.4, -0.2) is 29.0 Å². The molecule has 6 nitrogen and oxygen atoms in total. The van der Waals surface area contributed by atoms with E-state index in [0.717, 1.165) is 68.2 Å². The number of phenolic OH excluding ortho intramolecular Hbond substituents is 1. The number of azide groups is 1. The molecule has 0 unspecified atom stereocenters. The Hall–Kier alpha value is -1.91. The Labute approximate surface area is 186 Å². The number of phenols is 1. The summed E-state index contributed by atoms with van der Waals surface area (Å²) in [6.45, 7) is 9.58. The third-order valence-electron chi connectivity index (χ3n) is 7.63. The lowest BCUT2D eigenvalue weighted by atomic mass is 9.63. The fraction of sp³-hybridized carbons (Fsp3) is 0.760. The molecule has 3 atom stereocenters. The number of aliphatic hydroxyl groups is 1. The topological polar surface area (TPSA) is 98.5 Å². The summed E-state index contributed by atoms with van der Waals surface area (Å²) < 4.78 is 6.49. The van der Waals surface area contributed by atoms with Crippen molar-refractivity contribution in [2.75, 3.05) is 13.2 Å². The fourth-order valence-corrected chi connectivity index (χ4v) is 5.69. The van der Waals surface area contributed by atoms with Crippen LogP contribution < -0.4 is 4.74 Å². The van der Waals surface area contributed by atoms with Crippen molar-refractivity contribution < 1.29 is 14.9 Å². The van der Waals surface area contributed by atoms with Crippen LogP contribution in [0.2, 0.25) is 0 Å². The van der Waals surface area contributed by atoms with Crippen molar-refractivity contribution in [3.05, 3.63) is 33.7 Å². The van der Waals surface area contributed by atoms with Crippen molar-refractivity contribution in [3.8, 4) is 11.5 Å². The predicted molar refractivity (Wildman–Crippen MR) is 124 cm³/mol. The number of unbranched alkanes of at least 4 members (excludes halogenated alkanes) is 3. The van der Waals surface area contributed by atoms with Crippen LogP contribution in [0.5, 0.6) is 11.5 Å². The molecule has 172 valence electrons. The number of aromatic hydroxyl groups is 1. The van der Waals surface area contributed by atoms with Crippen LogP contribution >= 0.6 is 0 Å². The molecule has 6 heteroatoms. The second-order valence-corrected chi connectivity index (χ2v) is 10.7. The summed E-state index contributed by atoms with van der Waals surface area (Å²) in [4.78, 5) is 2.80. The molecule has 2 N–H and O–H groups in total. The molecule has 1 aliphatic carbocycles. The summed E-state index contributed by atoms with van der Waals surface area (Å²) >= 11 is 0. The highest BCUT2D eigenvalue weighted by Gasteiger charge is 2.47. The van der Waals surface area contributed by atoms with Gasteiger partial charge in [0.05, 0.1) is 0 Å². The number of hydrogen-bond donors (Lipinski definition) is 2. The van der Waals surface area contributed by atoms with Crippen LogP contribution in [0.15, 0.2) is 17.2 Å². The van der Waals surface area contributed by atoms with Gasteiger partial charge in [-0.3, -0.25) is 0 Å². The molecule has 0 bridgehead atoms. The highest BCUT2D eigenvalue weighted by Crippen LogP contribution is 2.56. The number of benzene rings is 1. The van der Waals surface area contributed by atoms with Gasteiger partial charge in [0.25, 0.3) is 0 Å². The van der Waals surface area contributed by atoms with Crippen LogP contribution in [0.3, 0.4) is 0 Å². The lowest BCUT2D eigenvalue weighted by Crippen LogP contribution is -2.47. The SMILES string of the molecule is CC(C)(CCCCCCN=[N+]=[N-])c1cc(O)c2c(c1)OC(C)(C)[C@@H]1CC[C@@H](CO)C[C@@H]21. The second kappa shape index (κ2) is 9.70. The largest absolute Gasteiger partial charge is 0.508 e. The van der Waals surface area contributed by atoms with Crippen molar-refractivity contribution in [2.45, 2.75) is 96.0 Å². The molecule has 0 spiro atoms. The lowest BCUT2D eigenvalue weighted by Gasteiger charge is -2.49. The van der Waals surface area contributed by atoms with E-state index in [1.165, 1.54) is 0 Å². The summed E-state index contributed by atoms with van der Waals surface area (Å²) in [6, 6.07) is 4.10. The van der Waals surface area contributed by atoms with Crippen LogP contribution in [0.1, 0.15) is 96.1 Å². The zero-order valence-corrected chi connectivity index (χ0v) is 19.6. The molecule has 0 saturated heterocycles. The number of ether oxygens (including phenoxy) is 1. The highest BCUT2D eigenvalue weighted by molar-refractivity contribution is 5.53. The molecule has 1 aromatic rings. The van der Waals surface area contributed by atoms with Crippen molar-refractivity contribution in [1.29, 1.82) is 0 Å². The standard InChI is InChI=1S/C25H39N3O3/c1-24(2,11-7-5-6-8-12-27-28-26)18-14-21(30)23-19-13-17(16-29)9-10-20(19)25(3,4)31-22(23)15-18/h14-15,17,19-20,29-30H,5-13,16H2,1-4H3/t17-,19-,20-/m1/s1. The quantitative estimate of drug-likeness (QED) is 0.200. The van der Waals surface area contributed by atoms with Crippen LogP contribution in [0.25, 0.3) is 10.4 Å². The smallest absolute Gasteiger partial charge is 0.127 e. The summed E-state index contributed by atoms with van der Waals surface area (Å²) in [5.74, 6) is 2.06. The normalized spacial score (nSPS) is 24.5. The molecule has 31 heavy (non-hydrogen) atoms. The summed E-state index contributed by atoms with van der Waals surface area (Å²) in [6.07, 6.45) is 8.18. The number of fused-ring (bicyclic) bond motifs is 3. The lowest BCUT2D eigenvalue weighted by molar-refractivity contribution is -0.0211. The minimum absolute atomic E-state index is 0.0676. The molecule has 1 aliphatic heterocycles. The van der Waals surface area contributed by atoms with E-state index in [-0.39, 0.29) is 23.5 Å². The van der Waals surface area contributed by atoms with E-state index in [1.54, 1.807) is 0 Å². The molecular weight excluding hydrogens is 390 g/mol. The minimum atomic E-state index is -0.279. The Morgan fingerprint density at radius 2 is 1.94 bits per heavy atom. The Kier molecular flexibility index (Phi) is 7.43. The first-order valence-electron chi connectivity index (χ1n) is 11.9. The van der Waals surface area contributed by atoms with Gasteiger partial charge in [-0.1, -0.05) is 38.2 Å². The molecule has 1 heterocycles. The van der Waals surface area contributed by atoms with Gasteiger partial charge in [-0.15, -0.1) is 0 Å². The van der Waals surface area contributed by atoms with Gasteiger partial charge in [0.1, 0.15) is 17.1 Å². The molecule has 1 aromatic carbocycles. The third kappa shape index (κ3) is 5.30. The molecule has 3 rings (SSSR count). The van der Waals surface area contributed by atoms with E-state index in [4.69, 9.17) is 10.3 Å². The minimum Gasteiger partial charge on any atom is -0.508 e. The molecule has 0 radical (unpaired) electrons. The van der Waals surface area contributed by atoms with Crippen molar-refractivity contribution in [3.63, 3.8) is 0 Å². The van der Waals surface area contributed by atoms with Gasteiger partial charge in [0.15, 0.2) is 0 Å². The molecular formula is C25H39N3O3. The van der Waals surface area contributed by atoms with Gasteiger partial charge < -0.3 is 14.9 Å². The molecule has 2 aliphatic rings. The van der Waals surface area contributed by atoms with Gasteiger partial charge in [-0.25, -0.2) is 0 Å². The summed E-state index contributed by atoms with van der Waals surface area (Å²) in [7, 11) is 0. The summed E-state index contributed by atoms with van der Waals surface area (Å²) in [5, 5.41) is 24.4. The van der Waals surface area contributed by atoms with E-state index < -0.39 is 0 Å². The van der Waals surface area contributed by atoms with Gasteiger partial charge in [-0.2, -0.15) is 0 Å². The van der Waals surface area contributed by atoms with E-state index in [0.29, 0.717) is 24.1 Å². The molecule has 0 aromatic heterocycles. The number of nitrogens with zero attached hydrogens (tertiary/aromatic N) is 3. The van der Waals surface area contributed by atoms with Crippen LogP contribution in [0.4, 0.5) is 0 Å². The Bertz CT molecular complexity index is 814. The first-order valence-corrected chi connectivity index (χ1v) is 11.9. The maximum absolute atomic E-state index is 11.1. The van der Waals surface area contributed by atoms with Crippen LogP contribution in [-0.2, 0) is 5.41 Å².